The molecule has 0 amide bonds. The third kappa shape index (κ3) is 2.86. The maximum Gasteiger partial charge on any atom is 0.123 e. The maximum absolute atomic E-state index is 5.98. The lowest BCUT2D eigenvalue weighted by atomic mass is 9.95. The molecule has 18 heavy (non-hydrogen) atoms. The second-order valence-corrected chi connectivity index (χ2v) is 5.70. The molecule has 1 aromatic rings. The predicted molar refractivity (Wildman–Crippen MR) is 76.3 cm³/mol. The average molecular weight is 247 g/mol. The van der Waals surface area contributed by atoms with Crippen LogP contribution in [0.15, 0.2) is 18.2 Å². The summed E-state index contributed by atoms with van der Waals surface area (Å²) in [7, 11) is 0. The van der Waals surface area contributed by atoms with Crippen molar-refractivity contribution in [1.29, 1.82) is 0 Å². The minimum absolute atomic E-state index is 0.244. The number of nitrogens with one attached hydrogen (secondary N) is 1. The van der Waals surface area contributed by atoms with E-state index < -0.39 is 0 Å². The summed E-state index contributed by atoms with van der Waals surface area (Å²) in [5.74, 6) is 1.07. The van der Waals surface area contributed by atoms with Crippen molar-refractivity contribution in [3.05, 3.63) is 29.3 Å². The number of hydrogen-bond donors (Lipinski definition) is 1. The molecule has 0 saturated carbocycles. The van der Waals surface area contributed by atoms with Gasteiger partial charge < -0.3 is 10.1 Å². The lowest BCUT2D eigenvalue weighted by Crippen LogP contribution is -2.45. The number of rotatable bonds is 5. The average Bonchev–Trinajstić information content (AvgIpc) is 2.78. The van der Waals surface area contributed by atoms with Crippen LogP contribution in [0.4, 0.5) is 0 Å². The normalized spacial score (nSPS) is 18.6. The van der Waals surface area contributed by atoms with Crippen molar-refractivity contribution in [2.24, 2.45) is 0 Å². The molecule has 2 nitrogen and oxygen atoms in total. The molecule has 0 fully saturated rings. The molecule has 1 heterocycles. The fourth-order valence-corrected chi connectivity index (χ4v) is 2.42. The fourth-order valence-electron chi connectivity index (χ4n) is 2.42. The molecule has 0 spiro atoms. The maximum atomic E-state index is 5.98. The van der Waals surface area contributed by atoms with E-state index in [1.807, 2.05) is 0 Å². The lowest BCUT2D eigenvalue weighted by molar-refractivity contribution is 0.200. The van der Waals surface area contributed by atoms with Gasteiger partial charge >= 0.3 is 0 Å². The third-order valence-electron chi connectivity index (χ3n) is 4.27. The second kappa shape index (κ2) is 5.31. The van der Waals surface area contributed by atoms with Gasteiger partial charge in [-0.05, 0) is 38.3 Å². The van der Waals surface area contributed by atoms with Gasteiger partial charge in [-0.1, -0.05) is 31.5 Å². The first-order valence-corrected chi connectivity index (χ1v) is 7.07. The second-order valence-electron chi connectivity index (χ2n) is 5.70. The summed E-state index contributed by atoms with van der Waals surface area (Å²) >= 11 is 0. The Labute approximate surface area is 111 Å². The van der Waals surface area contributed by atoms with Gasteiger partial charge in [0.25, 0.3) is 0 Å². The van der Waals surface area contributed by atoms with Crippen LogP contribution in [0.2, 0.25) is 0 Å². The van der Waals surface area contributed by atoms with Crippen molar-refractivity contribution >= 4 is 0 Å². The van der Waals surface area contributed by atoms with Crippen LogP contribution in [0.25, 0.3) is 0 Å². The van der Waals surface area contributed by atoms with E-state index in [0.29, 0.717) is 6.10 Å². The van der Waals surface area contributed by atoms with Crippen molar-refractivity contribution in [3.63, 3.8) is 0 Å². The molecule has 1 unspecified atom stereocenters. The Morgan fingerprint density at radius 2 is 2.06 bits per heavy atom. The summed E-state index contributed by atoms with van der Waals surface area (Å²) in [5, 5.41) is 3.66. The predicted octanol–water partition coefficient (Wildman–Crippen LogP) is 3.47. The Balaban J connectivity index is 1.92. The molecular formula is C16H25NO. The summed E-state index contributed by atoms with van der Waals surface area (Å²) in [5.41, 5.74) is 2.92. The van der Waals surface area contributed by atoms with E-state index in [4.69, 9.17) is 4.74 Å². The zero-order valence-electron chi connectivity index (χ0n) is 12.0. The van der Waals surface area contributed by atoms with Crippen LogP contribution in [-0.2, 0) is 6.42 Å². The Morgan fingerprint density at radius 3 is 2.72 bits per heavy atom. The molecule has 1 atom stereocenters. The van der Waals surface area contributed by atoms with Gasteiger partial charge in [-0.15, -0.1) is 0 Å². The first kappa shape index (κ1) is 13.4. The highest BCUT2D eigenvalue weighted by molar-refractivity contribution is 5.40. The zero-order valence-corrected chi connectivity index (χ0v) is 12.0. The van der Waals surface area contributed by atoms with Crippen LogP contribution in [0, 0.1) is 6.92 Å². The highest BCUT2D eigenvalue weighted by Gasteiger charge is 2.26. The van der Waals surface area contributed by atoms with Gasteiger partial charge in [-0.3, -0.25) is 0 Å². The topological polar surface area (TPSA) is 21.3 Å². The molecule has 0 aromatic heterocycles. The summed E-state index contributed by atoms with van der Waals surface area (Å²) in [6.45, 7) is 9.84. The van der Waals surface area contributed by atoms with Gasteiger partial charge in [0, 0.05) is 18.5 Å². The minimum Gasteiger partial charge on any atom is -0.488 e. The lowest BCUT2D eigenvalue weighted by Gasteiger charge is -2.29. The molecule has 1 aliphatic heterocycles. The number of hydrogen-bond acceptors (Lipinski definition) is 2. The van der Waals surface area contributed by atoms with Crippen molar-refractivity contribution in [2.75, 3.05) is 6.54 Å². The zero-order chi connectivity index (χ0) is 13.2. The van der Waals surface area contributed by atoms with Crippen molar-refractivity contribution in [3.8, 4) is 5.75 Å². The summed E-state index contributed by atoms with van der Waals surface area (Å²) in [6, 6.07) is 6.47. The van der Waals surface area contributed by atoms with Gasteiger partial charge in [0.2, 0.25) is 0 Å². The molecule has 0 radical (unpaired) electrons. The van der Waals surface area contributed by atoms with E-state index >= 15 is 0 Å². The molecule has 0 saturated heterocycles. The van der Waals surface area contributed by atoms with E-state index in [9.17, 15) is 0 Å². The molecule has 2 rings (SSSR count). The van der Waals surface area contributed by atoms with Crippen LogP contribution in [-0.4, -0.2) is 18.2 Å². The molecule has 1 aliphatic rings. The Bertz CT molecular complexity index is 410. The number of ether oxygens (including phenoxy) is 1. The fraction of sp³-hybridized carbons (Fsp3) is 0.625. The minimum atomic E-state index is 0.244. The van der Waals surface area contributed by atoms with E-state index in [1.54, 1.807) is 0 Å². The van der Waals surface area contributed by atoms with Crippen LogP contribution >= 0.6 is 0 Å². The molecule has 1 aromatic carbocycles. The van der Waals surface area contributed by atoms with E-state index in [2.05, 4.69) is 51.2 Å². The number of benzene rings is 1. The van der Waals surface area contributed by atoms with E-state index in [-0.39, 0.29) is 5.54 Å². The van der Waals surface area contributed by atoms with Gasteiger partial charge in [-0.2, -0.15) is 0 Å². The van der Waals surface area contributed by atoms with E-state index in [0.717, 1.165) is 31.6 Å². The quantitative estimate of drug-likeness (QED) is 0.860. The molecule has 100 valence electrons. The number of aryl methyl sites for hydroxylation is 1. The standard InChI is InChI=1S/C16H25NO/c1-5-16(4,6-2)17-11-14-10-13-9-12(3)7-8-15(13)18-14/h7-9,14,17H,5-6,10-11H2,1-4H3. The van der Waals surface area contributed by atoms with Gasteiger partial charge in [0.05, 0.1) is 0 Å². The summed E-state index contributed by atoms with van der Waals surface area (Å²) in [6.07, 6.45) is 3.64. The highest BCUT2D eigenvalue weighted by Crippen LogP contribution is 2.29. The van der Waals surface area contributed by atoms with Crippen LogP contribution in [0.1, 0.15) is 44.7 Å². The number of fused-ring (bicyclic) bond motifs is 1. The van der Waals surface area contributed by atoms with Crippen molar-refractivity contribution in [2.45, 2.75) is 58.6 Å². The van der Waals surface area contributed by atoms with Crippen molar-refractivity contribution < 1.29 is 4.74 Å². The van der Waals surface area contributed by atoms with Crippen molar-refractivity contribution in [1.82, 2.24) is 5.32 Å². The molecular weight excluding hydrogens is 222 g/mol. The van der Waals surface area contributed by atoms with Crippen LogP contribution in [0.5, 0.6) is 5.75 Å². The summed E-state index contributed by atoms with van der Waals surface area (Å²) in [4.78, 5) is 0. The monoisotopic (exact) mass is 247 g/mol. The SMILES string of the molecule is CCC(C)(CC)NCC1Cc2cc(C)ccc2O1. The first-order valence-electron chi connectivity index (χ1n) is 7.07. The van der Waals surface area contributed by atoms with E-state index in [1.165, 1.54) is 11.1 Å². The Hall–Kier alpha value is -1.02. The molecule has 0 bridgehead atoms. The Kier molecular flexibility index (Phi) is 3.96. The van der Waals surface area contributed by atoms with Gasteiger partial charge in [0.15, 0.2) is 0 Å². The molecule has 1 N–H and O–H groups in total. The smallest absolute Gasteiger partial charge is 0.123 e. The third-order valence-corrected chi connectivity index (χ3v) is 4.27. The summed E-state index contributed by atoms with van der Waals surface area (Å²) < 4.78 is 5.98. The van der Waals surface area contributed by atoms with Crippen LogP contribution in [0.3, 0.4) is 0 Å². The highest BCUT2D eigenvalue weighted by atomic mass is 16.5. The molecule has 0 aliphatic carbocycles. The largest absolute Gasteiger partial charge is 0.488 e. The van der Waals surface area contributed by atoms with Gasteiger partial charge in [0.1, 0.15) is 11.9 Å². The van der Waals surface area contributed by atoms with Gasteiger partial charge in [-0.25, -0.2) is 0 Å². The molecule has 2 heteroatoms. The first-order chi connectivity index (χ1) is 8.56. The van der Waals surface area contributed by atoms with Crippen LogP contribution < -0.4 is 10.1 Å². The Morgan fingerprint density at radius 1 is 1.33 bits per heavy atom.